The molecule has 0 fully saturated rings. The Hall–Kier alpha value is -2.81. The van der Waals surface area contributed by atoms with Crippen LogP contribution in [0.15, 0.2) is 54.6 Å². The zero-order valence-electron chi connectivity index (χ0n) is 14.6. The fourth-order valence-electron chi connectivity index (χ4n) is 3.60. The molecule has 0 saturated heterocycles. The van der Waals surface area contributed by atoms with E-state index in [1.54, 1.807) is 0 Å². The van der Waals surface area contributed by atoms with Crippen LogP contribution in [0, 0.1) is 0 Å². The monoisotopic (exact) mass is 331 g/mol. The highest BCUT2D eigenvalue weighted by molar-refractivity contribution is 6.25. The quantitative estimate of drug-likeness (QED) is 0.368. The van der Waals surface area contributed by atoms with E-state index in [-0.39, 0.29) is 5.97 Å². The van der Waals surface area contributed by atoms with Crippen molar-refractivity contribution in [3.63, 3.8) is 0 Å². The number of unbranched alkanes of at least 4 members (excludes halogenated alkanes) is 1. The smallest absolute Gasteiger partial charge is 0.340 e. The molecule has 4 rings (SSSR count). The number of aryl methyl sites for hydroxylation is 1. The number of esters is 1. The Morgan fingerprint density at radius 1 is 1.04 bits per heavy atom. The summed E-state index contributed by atoms with van der Waals surface area (Å²) in [4.78, 5) is 12.8. The lowest BCUT2D eigenvalue weighted by molar-refractivity contribution is 0.0502. The molecule has 3 aromatic carbocycles. The molecule has 0 atom stereocenters. The second kappa shape index (κ2) is 6.25. The molecule has 0 unspecified atom stereocenters. The first-order valence-corrected chi connectivity index (χ1v) is 8.78. The fourth-order valence-corrected chi connectivity index (χ4v) is 3.60. The van der Waals surface area contributed by atoms with Gasteiger partial charge in [-0.25, -0.2) is 4.79 Å². The molecule has 1 aromatic heterocycles. The standard InChI is InChI=1S/C22H21NO2/c1-3-4-13-25-22(24)18-14-15-9-5-6-10-16(15)20-17-11-7-8-12-19(17)23(2)21(18)20/h5-12,14H,3-4,13H2,1-2H3. The Bertz CT molecular complexity index is 1090. The van der Waals surface area contributed by atoms with E-state index in [1.807, 2.05) is 37.4 Å². The average molecular weight is 331 g/mol. The van der Waals surface area contributed by atoms with E-state index >= 15 is 0 Å². The van der Waals surface area contributed by atoms with E-state index in [0.717, 1.165) is 34.6 Å². The third-order valence-electron chi connectivity index (χ3n) is 4.84. The molecule has 0 aliphatic heterocycles. The van der Waals surface area contributed by atoms with Gasteiger partial charge < -0.3 is 9.30 Å². The summed E-state index contributed by atoms with van der Waals surface area (Å²) in [5, 5.41) is 4.52. The van der Waals surface area contributed by atoms with Crippen LogP contribution in [0.3, 0.4) is 0 Å². The first-order chi connectivity index (χ1) is 12.2. The van der Waals surface area contributed by atoms with Crippen molar-refractivity contribution in [2.75, 3.05) is 6.61 Å². The summed E-state index contributed by atoms with van der Waals surface area (Å²) in [6.45, 7) is 2.56. The molecule has 0 saturated carbocycles. The highest BCUT2D eigenvalue weighted by atomic mass is 16.5. The molecule has 126 valence electrons. The van der Waals surface area contributed by atoms with Crippen molar-refractivity contribution in [2.24, 2.45) is 7.05 Å². The summed E-state index contributed by atoms with van der Waals surface area (Å²) in [6, 6.07) is 18.5. The highest BCUT2D eigenvalue weighted by Gasteiger charge is 2.20. The Labute approximate surface area is 146 Å². The van der Waals surface area contributed by atoms with Crippen LogP contribution in [-0.2, 0) is 11.8 Å². The average Bonchev–Trinajstić information content (AvgIpc) is 2.95. The van der Waals surface area contributed by atoms with Gasteiger partial charge in [0.15, 0.2) is 0 Å². The molecule has 0 spiro atoms. The topological polar surface area (TPSA) is 31.2 Å². The number of fused-ring (bicyclic) bond motifs is 5. The maximum absolute atomic E-state index is 12.8. The number of rotatable bonds is 4. The molecular formula is C22H21NO2. The molecule has 1 heterocycles. The number of nitrogens with zero attached hydrogens (tertiary/aromatic N) is 1. The second-order valence-corrected chi connectivity index (χ2v) is 6.43. The van der Waals surface area contributed by atoms with Gasteiger partial charge >= 0.3 is 5.97 Å². The van der Waals surface area contributed by atoms with Gasteiger partial charge in [0.1, 0.15) is 0 Å². The van der Waals surface area contributed by atoms with Crippen LogP contribution in [0.4, 0.5) is 0 Å². The van der Waals surface area contributed by atoms with Crippen LogP contribution in [0.5, 0.6) is 0 Å². The van der Waals surface area contributed by atoms with Gasteiger partial charge in [-0.2, -0.15) is 0 Å². The zero-order valence-corrected chi connectivity index (χ0v) is 14.6. The summed E-state index contributed by atoms with van der Waals surface area (Å²) in [6.07, 6.45) is 1.89. The number of hydrogen-bond donors (Lipinski definition) is 0. The minimum atomic E-state index is -0.241. The van der Waals surface area contributed by atoms with Crippen molar-refractivity contribution in [3.8, 4) is 0 Å². The number of hydrogen-bond acceptors (Lipinski definition) is 2. The molecule has 4 aromatic rings. The molecule has 0 bridgehead atoms. The molecular weight excluding hydrogens is 310 g/mol. The first kappa shape index (κ1) is 15.7. The predicted octanol–water partition coefficient (Wildman–Crippen LogP) is 5.44. The van der Waals surface area contributed by atoms with E-state index in [4.69, 9.17) is 4.74 Å². The molecule has 0 aliphatic rings. The summed E-state index contributed by atoms with van der Waals surface area (Å²) >= 11 is 0. The maximum Gasteiger partial charge on any atom is 0.340 e. The lowest BCUT2D eigenvalue weighted by atomic mass is 10.00. The van der Waals surface area contributed by atoms with E-state index < -0.39 is 0 Å². The van der Waals surface area contributed by atoms with Gasteiger partial charge in [0.2, 0.25) is 0 Å². The Balaban J connectivity index is 2.06. The summed E-state index contributed by atoms with van der Waals surface area (Å²) in [5.41, 5.74) is 2.71. The van der Waals surface area contributed by atoms with Crippen LogP contribution in [0.2, 0.25) is 0 Å². The van der Waals surface area contributed by atoms with E-state index in [9.17, 15) is 4.79 Å². The highest BCUT2D eigenvalue weighted by Crippen LogP contribution is 2.36. The predicted molar refractivity (Wildman–Crippen MR) is 103 cm³/mol. The van der Waals surface area contributed by atoms with Crippen molar-refractivity contribution in [3.05, 3.63) is 60.2 Å². The second-order valence-electron chi connectivity index (χ2n) is 6.43. The number of aromatic nitrogens is 1. The number of benzene rings is 3. The minimum absolute atomic E-state index is 0.241. The van der Waals surface area contributed by atoms with Crippen molar-refractivity contribution in [1.82, 2.24) is 4.57 Å². The number of carbonyl (C=O) groups is 1. The van der Waals surface area contributed by atoms with Crippen LogP contribution < -0.4 is 0 Å². The van der Waals surface area contributed by atoms with Gasteiger partial charge in [0.05, 0.1) is 17.7 Å². The lowest BCUT2D eigenvalue weighted by Crippen LogP contribution is -2.08. The molecule has 25 heavy (non-hydrogen) atoms. The third-order valence-corrected chi connectivity index (χ3v) is 4.84. The summed E-state index contributed by atoms with van der Waals surface area (Å²) in [5.74, 6) is -0.241. The number of ether oxygens (including phenoxy) is 1. The third kappa shape index (κ3) is 2.47. The van der Waals surface area contributed by atoms with Crippen LogP contribution in [0.25, 0.3) is 32.6 Å². The largest absolute Gasteiger partial charge is 0.462 e. The van der Waals surface area contributed by atoms with Crippen LogP contribution in [0.1, 0.15) is 30.1 Å². The van der Waals surface area contributed by atoms with Crippen LogP contribution >= 0.6 is 0 Å². The molecule has 0 radical (unpaired) electrons. The summed E-state index contributed by atoms with van der Waals surface area (Å²) < 4.78 is 7.63. The molecule has 0 aliphatic carbocycles. The first-order valence-electron chi connectivity index (χ1n) is 8.78. The Morgan fingerprint density at radius 2 is 1.76 bits per heavy atom. The van der Waals surface area contributed by atoms with Crippen molar-refractivity contribution in [2.45, 2.75) is 19.8 Å². The van der Waals surface area contributed by atoms with Gasteiger partial charge in [-0.1, -0.05) is 55.8 Å². The number of para-hydroxylation sites is 1. The maximum atomic E-state index is 12.8. The summed E-state index contributed by atoms with van der Waals surface area (Å²) in [7, 11) is 2.02. The molecule has 3 nitrogen and oxygen atoms in total. The molecule has 0 N–H and O–H groups in total. The van der Waals surface area contributed by atoms with Crippen LogP contribution in [-0.4, -0.2) is 17.1 Å². The van der Waals surface area contributed by atoms with E-state index in [0.29, 0.717) is 12.2 Å². The van der Waals surface area contributed by atoms with Crippen molar-refractivity contribution >= 4 is 38.5 Å². The SMILES string of the molecule is CCCCOC(=O)c1cc2ccccc2c2c3ccccc3n(C)c12. The zero-order chi connectivity index (χ0) is 17.4. The minimum Gasteiger partial charge on any atom is -0.462 e. The van der Waals surface area contributed by atoms with Crippen molar-refractivity contribution < 1.29 is 9.53 Å². The molecule has 3 heteroatoms. The van der Waals surface area contributed by atoms with Gasteiger partial charge in [-0.15, -0.1) is 0 Å². The Morgan fingerprint density at radius 3 is 2.56 bits per heavy atom. The van der Waals surface area contributed by atoms with Gasteiger partial charge in [-0.05, 0) is 29.3 Å². The van der Waals surface area contributed by atoms with E-state index in [1.165, 1.54) is 10.8 Å². The van der Waals surface area contributed by atoms with Crippen molar-refractivity contribution in [1.29, 1.82) is 0 Å². The number of carbonyl (C=O) groups excluding carboxylic acids is 1. The van der Waals surface area contributed by atoms with E-state index in [2.05, 4.69) is 35.8 Å². The normalized spacial score (nSPS) is 11.4. The Kier molecular flexibility index (Phi) is 3.92. The van der Waals surface area contributed by atoms with Gasteiger partial charge in [0.25, 0.3) is 0 Å². The molecule has 0 amide bonds. The van der Waals surface area contributed by atoms with Gasteiger partial charge in [-0.3, -0.25) is 0 Å². The lowest BCUT2D eigenvalue weighted by Gasteiger charge is -2.10. The fraction of sp³-hybridized carbons (Fsp3) is 0.227. The van der Waals surface area contributed by atoms with Gasteiger partial charge in [0, 0.05) is 23.3 Å².